The predicted octanol–water partition coefficient (Wildman–Crippen LogP) is 3.88. The van der Waals surface area contributed by atoms with Gasteiger partial charge in [0.15, 0.2) is 18.2 Å². The van der Waals surface area contributed by atoms with Crippen LogP contribution in [0, 0.1) is 5.82 Å². The maximum absolute atomic E-state index is 14.9. The molecule has 1 saturated heterocycles. The molecule has 6 rings (SSSR count). The van der Waals surface area contributed by atoms with Gasteiger partial charge < -0.3 is 29.6 Å². The summed E-state index contributed by atoms with van der Waals surface area (Å²) in [7, 11) is 0. The number of benzene rings is 2. The van der Waals surface area contributed by atoms with Crippen molar-refractivity contribution in [2.45, 2.75) is 38.6 Å². The number of amides is 2. The first kappa shape index (κ1) is 28.6. The number of rotatable bonds is 12. The molecule has 0 bridgehead atoms. The Kier molecular flexibility index (Phi) is 8.47. The second-order valence-corrected chi connectivity index (χ2v) is 10.7. The highest BCUT2D eigenvalue weighted by Crippen LogP contribution is 2.31. The van der Waals surface area contributed by atoms with Crippen molar-refractivity contribution in [3.05, 3.63) is 76.7 Å². The van der Waals surface area contributed by atoms with Gasteiger partial charge >= 0.3 is 6.09 Å². The largest absolute Gasteiger partial charge is 0.491 e. The van der Waals surface area contributed by atoms with Gasteiger partial charge in [-0.3, -0.25) is 9.69 Å². The predicted molar refractivity (Wildman–Crippen MR) is 156 cm³/mol. The Labute approximate surface area is 248 Å². The second kappa shape index (κ2) is 12.8. The third-order valence-corrected chi connectivity index (χ3v) is 7.29. The smallest absolute Gasteiger partial charge is 0.415 e. The summed E-state index contributed by atoms with van der Waals surface area (Å²) in [6.45, 7) is 4.10. The molecule has 11 nitrogen and oxygen atoms in total. The van der Waals surface area contributed by atoms with Crippen molar-refractivity contribution >= 4 is 29.7 Å². The van der Waals surface area contributed by atoms with Gasteiger partial charge in [0, 0.05) is 18.2 Å². The minimum atomic E-state index is -0.526. The van der Waals surface area contributed by atoms with Crippen LogP contribution in [0.2, 0.25) is 0 Å². The molecule has 2 aromatic carbocycles. The van der Waals surface area contributed by atoms with Crippen molar-refractivity contribution in [1.29, 1.82) is 0 Å². The van der Waals surface area contributed by atoms with E-state index < -0.39 is 6.09 Å². The minimum absolute atomic E-state index is 0.125. The van der Waals surface area contributed by atoms with Gasteiger partial charge in [0.1, 0.15) is 24.3 Å². The summed E-state index contributed by atoms with van der Waals surface area (Å²) in [4.78, 5) is 33.8. The van der Waals surface area contributed by atoms with E-state index in [1.165, 1.54) is 17.2 Å². The Morgan fingerprint density at radius 2 is 2.09 bits per heavy atom. The summed E-state index contributed by atoms with van der Waals surface area (Å²) in [5.41, 5.74) is 3.62. The molecule has 0 spiro atoms. The van der Waals surface area contributed by atoms with Gasteiger partial charge in [0.05, 0.1) is 25.5 Å². The molecular formula is C31H32FN5O6. The number of cyclic esters (lactones) is 1. The molecule has 2 unspecified atom stereocenters. The van der Waals surface area contributed by atoms with E-state index in [0.717, 1.165) is 16.7 Å². The van der Waals surface area contributed by atoms with Crippen molar-refractivity contribution in [3.8, 4) is 11.6 Å². The first-order valence-corrected chi connectivity index (χ1v) is 14.2. The zero-order valence-corrected chi connectivity index (χ0v) is 23.7. The lowest BCUT2D eigenvalue weighted by Gasteiger charge is -2.18. The molecule has 1 aliphatic carbocycles. The lowest BCUT2D eigenvalue weighted by atomic mass is 10.1. The van der Waals surface area contributed by atoms with E-state index in [4.69, 9.17) is 18.9 Å². The number of anilines is 2. The van der Waals surface area contributed by atoms with Crippen molar-refractivity contribution in [1.82, 2.24) is 15.3 Å². The number of hydrogen-bond acceptors (Lipinski definition) is 9. The number of fused-ring (bicyclic) bond motifs is 2. The van der Waals surface area contributed by atoms with E-state index in [9.17, 15) is 14.0 Å². The molecule has 2 N–H and O–H groups in total. The molecule has 224 valence electrons. The van der Waals surface area contributed by atoms with Gasteiger partial charge in [0.25, 0.3) is 11.8 Å². The van der Waals surface area contributed by atoms with Crippen molar-refractivity contribution < 1.29 is 32.9 Å². The lowest BCUT2D eigenvalue weighted by Crippen LogP contribution is -2.30. The Morgan fingerprint density at radius 3 is 2.95 bits per heavy atom. The summed E-state index contributed by atoms with van der Waals surface area (Å²) in [5.74, 6) is 0.504. The van der Waals surface area contributed by atoms with Crippen LogP contribution in [-0.4, -0.2) is 67.0 Å². The van der Waals surface area contributed by atoms with Crippen LogP contribution in [0.25, 0.3) is 6.08 Å². The fourth-order valence-corrected chi connectivity index (χ4v) is 5.08. The van der Waals surface area contributed by atoms with Crippen LogP contribution in [0.5, 0.6) is 11.6 Å². The lowest BCUT2D eigenvalue weighted by molar-refractivity contribution is -0.118. The molecule has 43 heavy (non-hydrogen) atoms. The Bertz CT molecular complexity index is 1530. The van der Waals surface area contributed by atoms with Gasteiger partial charge in [-0.2, -0.15) is 0 Å². The van der Waals surface area contributed by atoms with Crippen LogP contribution in [0.15, 0.2) is 54.2 Å². The molecule has 1 fully saturated rings. The number of hydrogen-bond donors (Lipinski definition) is 2. The zero-order valence-electron chi connectivity index (χ0n) is 23.7. The average molecular weight is 590 g/mol. The quantitative estimate of drug-likeness (QED) is 0.303. The Morgan fingerprint density at radius 1 is 1.23 bits per heavy atom. The Balaban J connectivity index is 0.933. The van der Waals surface area contributed by atoms with Gasteiger partial charge in [-0.05, 0) is 43.5 Å². The molecule has 3 aliphatic rings. The second-order valence-electron chi connectivity index (χ2n) is 10.7. The zero-order chi connectivity index (χ0) is 29.8. The first-order valence-electron chi connectivity index (χ1n) is 14.2. The topological polar surface area (TPSA) is 124 Å². The fourth-order valence-electron chi connectivity index (χ4n) is 5.08. The summed E-state index contributed by atoms with van der Waals surface area (Å²) in [6, 6.07) is 13.2. The number of nitrogens with zero attached hydrogens (tertiary/aromatic N) is 3. The number of carbonyl (C=O) groups is 2. The van der Waals surface area contributed by atoms with E-state index in [1.807, 2.05) is 49.4 Å². The third kappa shape index (κ3) is 6.92. The highest BCUT2D eigenvalue weighted by molar-refractivity contribution is 5.94. The number of aromatic nitrogens is 2. The number of halogens is 1. The molecule has 3 aromatic rings. The molecule has 0 saturated carbocycles. The summed E-state index contributed by atoms with van der Waals surface area (Å²) >= 11 is 0. The molecule has 12 heteroatoms. The van der Waals surface area contributed by atoms with E-state index in [-0.39, 0.29) is 48.1 Å². The standard InChI is InChI=1S/C31H32FN5O6/c1-19(40-17-20-5-3-2-4-6-20)16-41-24-11-22-9-21(10-25(22)26(32)12-24)13-33-8-7-23-15-37(31(39)43-23)27-14-34-30-29(35-27)36-28(38)18-42-30/h2-6,10-12,14,19,23,33H,7-9,13,15-18H2,1H3,(H,35,36,38). The number of nitrogens with one attached hydrogen (secondary N) is 2. The van der Waals surface area contributed by atoms with E-state index in [2.05, 4.69) is 20.6 Å². The van der Waals surface area contributed by atoms with Crippen LogP contribution < -0.4 is 25.0 Å². The summed E-state index contributed by atoms with van der Waals surface area (Å²) < 4.78 is 37.3. The van der Waals surface area contributed by atoms with Crippen LogP contribution in [0.4, 0.5) is 20.8 Å². The molecule has 2 atom stereocenters. The van der Waals surface area contributed by atoms with Crippen LogP contribution in [-0.2, 0) is 27.3 Å². The minimum Gasteiger partial charge on any atom is -0.491 e. The number of carbonyl (C=O) groups excluding carboxylic acids is 2. The van der Waals surface area contributed by atoms with Crippen LogP contribution in [0.3, 0.4) is 0 Å². The Hall–Kier alpha value is -4.55. The number of ether oxygens (including phenoxy) is 4. The van der Waals surface area contributed by atoms with Gasteiger partial charge in [-0.15, -0.1) is 0 Å². The molecular weight excluding hydrogens is 557 g/mol. The maximum atomic E-state index is 14.9. The van der Waals surface area contributed by atoms with E-state index in [1.54, 1.807) is 0 Å². The molecule has 2 aliphatic heterocycles. The molecule has 1 aromatic heterocycles. The summed E-state index contributed by atoms with van der Waals surface area (Å²) in [6.07, 6.45) is 3.48. The average Bonchev–Trinajstić information content (AvgIpc) is 3.60. The van der Waals surface area contributed by atoms with Crippen molar-refractivity contribution in [3.63, 3.8) is 0 Å². The van der Waals surface area contributed by atoms with Crippen molar-refractivity contribution in [2.24, 2.45) is 0 Å². The fraction of sp³-hybridized carbons (Fsp3) is 0.355. The van der Waals surface area contributed by atoms with E-state index >= 15 is 0 Å². The molecule has 0 radical (unpaired) electrons. The maximum Gasteiger partial charge on any atom is 0.415 e. The van der Waals surface area contributed by atoms with Gasteiger partial charge in [-0.25, -0.2) is 19.2 Å². The van der Waals surface area contributed by atoms with E-state index in [0.29, 0.717) is 57.0 Å². The third-order valence-electron chi connectivity index (χ3n) is 7.29. The van der Waals surface area contributed by atoms with Gasteiger partial charge in [0.2, 0.25) is 0 Å². The highest BCUT2D eigenvalue weighted by Gasteiger charge is 2.34. The molecule has 2 amide bonds. The SMILES string of the molecule is CC(COc1cc(F)c2c(c1)CC(CNCCC1CN(c3cnc4c(n3)NC(=O)CO4)C(=O)O1)=C2)OCc1ccccc1. The highest BCUT2D eigenvalue weighted by atomic mass is 19.1. The van der Waals surface area contributed by atoms with Crippen molar-refractivity contribution in [2.75, 3.05) is 43.1 Å². The molecule has 3 heterocycles. The summed E-state index contributed by atoms with van der Waals surface area (Å²) in [5, 5.41) is 5.95. The monoisotopic (exact) mass is 589 g/mol. The normalized spacial score (nSPS) is 17.9. The first-order chi connectivity index (χ1) is 20.9. The van der Waals surface area contributed by atoms with Gasteiger partial charge in [-0.1, -0.05) is 42.0 Å². The van der Waals surface area contributed by atoms with Crippen LogP contribution in [0.1, 0.15) is 30.0 Å². The van der Waals surface area contributed by atoms with Crippen LogP contribution >= 0.6 is 0 Å².